The van der Waals surface area contributed by atoms with Gasteiger partial charge in [-0.3, -0.25) is 0 Å². The summed E-state index contributed by atoms with van der Waals surface area (Å²) in [5.41, 5.74) is 1.38. The van der Waals surface area contributed by atoms with E-state index in [0.717, 1.165) is 11.8 Å². The van der Waals surface area contributed by atoms with E-state index < -0.39 is 0 Å². The minimum atomic E-state index is 0.138. The van der Waals surface area contributed by atoms with Crippen molar-refractivity contribution in [2.75, 3.05) is 18.0 Å². The first-order valence-corrected chi connectivity index (χ1v) is 11.9. The number of rotatable bonds is 13. The molecule has 0 saturated carbocycles. The quantitative estimate of drug-likeness (QED) is 0.349. The Morgan fingerprint density at radius 2 is 1.42 bits per heavy atom. The molecule has 0 saturated heterocycles. The van der Waals surface area contributed by atoms with Gasteiger partial charge in [-0.15, -0.1) is 11.3 Å². The van der Waals surface area contributed by atoms with Gasteiger partial charge in [-0.05, 0) is 24.7 Å². The van der Waals surface area contributed by atoms with Crippen molar-refractivity contribution >= 4 is 16.5 Å². The first-order chi connectivity index (χ1) is 12.3. The highest BCUT2D eigenvalue weighted by molar-refractivity contribution is 7.13. The Balaban J connectivity index is 2.94. The summed E-state index contributed by atoms with van der Waals surface area (Å²) in [5, 5.41) is 3.53. The first-order valence-electron chi connectivity index (χ1n) is 11.1. The van der Waals surface area contributed by atoms with Crippen molar-refractivity contribution in [1.29, 1.82) is 0 Å². The monoisotopic (exact) mass is 380 g/mol. The van der Waals surface area contributed by atoms with Crippen molar-refractivity contribution in [3.05, 3.63) is 11.1 Å². The molecule has 2 nitrogen and oxygen atoms in total. The van der Waals surface area contributed by atoms with Gasteiger partial charge in [0.2, 0.25) is 0 Å². The summed E-state index contributed by atoms with van der Waals surface area (Å²) >= 11 is 1.85. The van der Waals surface area contributed by atoms with Gasteiger partial charge in [0, 0.05) is 23.9 Å². The molecule has 0 aliphatic carbocycles. The topological polar surface area (TPSA) is 16.1 Å². The van der Waals surface area contributed by atoms with Crippen LogP contribution in [0, 0.1) is 11.8 Å². The van der Waals surface area contributed by atoms with Crippen LogP contribution in [-0.2, 0) is 5.41 Å². The molecule has 26 heavy (non-hydrogen) atoms. The van der Waals surface area contributed by atoms with Crippen LogP contribution in [0.2, 0.25) is 0 Å². The lowest BCUT2D eigenvalue weighted by Crippen LogP contribution is -2.34. The molecule has 1 aromatic rings. The van der Waals surface area contributed by atoms with Gasteiger partial charge < -0.3 is 4.90 Å². The van der Waals surface area contributed by atoms with Crippen LogP contribution in [0.15, 0.2) is 5.38 Å². The lowest BCUT2D eigenvalue weighted by Gasteiger charge is -2.30. The van der Waals surface area contributed by atoms with Crippen molar-refractivity contribution < 1.29 is 0 Å². The zero-order valence-electron chi connectivity index (χ0n) is 18.6. The van der Waals surface area contributed by atoms with Crippen LogP contribution in [0.4, 0.5) is 5.13 Å². The molecule has 0 radical (unpaired) electrons. The molecule has 0 aliphatic heterocycles. The fourth-order valence-electron chi connectivity index (χ4n) is 3.44. The molecule has 1 rings (SSSR count). The fraction of sp³-hybridized carbons (Fsp3) is 0.870. The molecule has 1 heterocycles. The Kier molecular flexibility index (Phi) is 10.8. The Bertz CT molecular complexity index is 457. The van der Waals surface area contributed by atoms with E-state index >= 15 is 0 Å². The van der Waals surface area contributed by atoms with Gasteiger partial charge in [-0.2, -0.15) is 0 Å². The van der Waals surface area contributed by atoms with Gasteiger partial charge in [0.15, 0.2) is 5.13 Å². The highest BCUT2D eigenvalue weighted by Crippen LogP contribution is 2.31. The molecule has 2 unspecified atom stereocenters. The smallest absolute Gasteiger partial charge is 0.185 e. The van der Waals surface area contributed by atoms with Crippen LogP contribution in [0.1, 0.15) is 106 Å². The second-order valence-corrected chi connectivity index (χ2v) is 9.84. The van der Waals surface area contributed by atoms with Gasteiger partial charge in [0.05, 0.1) is 5.69 Å². The number of aromatic nitrogens is 1. The van der Waals surface area contributed by atoms with Crippen LogP contribution < -0.4 is 4.90 Å². The predicted octanol–water partition coefficient (Wildman–Crippen LogP) is 7.68. The summed E-state index contributed by atoms with van der Waals surface area (Å²) in [6.45, 7) is 18.5. The highest BCUT2D eigenvalue weighted by Gasteiger charge is 2.23. The molecule has 152 valence electrons. The van der Waals surface area contributed by atoms with Crippen LogP contribution >= 0.6 is 11.3 Å². The van der Waals surface area contributed by atoms with Gasteiger partial charge in [0.25, 0.3) is 0 Å². The maximum atomic E-state index is 5.06. The number of hydrogen-bond donors (Lipinski definition) is 0. The van der Waals surface area contributed by atoms with Gasteiger partial charge >= 0.3 is 0 Å². The third-order valence-corrected chi connectivity index (χ3v) is 6.48. The van der Waals surface area contributed by atoms with E-state index in [4.69, 9.17) is 4.98 Å². The number of unbranched alkanes of at least 4 members (excludes halogenated alkanes) is 2. The van der Waals surface area contributed by atoms with Crippen molar-refractivity contribution in [3.8, 4) is 0 Å². The lowest BCUT2D eigenvalue weighted by atomic mass is 9.93. The second-order valence-electron chi connectivity index (χ2n) is 9.00. The first kappa shape index (κ1) is 23.5. The maximum Gasteiger partial charge on any atom is 0.185 e. The van der Waals surface area contributed by atoms with Crippen LogP contribution in [-0.4, -0.2) is 18.1 Å². The van der Waals surface area contributed by atoms with Gasteiger partial charge in [-0.25, -0.2) is 4.98 Å². The molecule has 0 spiro atoms. The molecule has 3 heteroatoms. The van der Waals surface area contributed by atoms with E-state index in [1.807, 2.05) is 11.3 Å². The predicted molar refractivity (Wildman–Crippen MR) is 120 cm³/mol. The molecule has 0 N–H and O–H groups in total. The summed E-state index contributed by atoms with van der Waals surface area (Å²) in [4.78, 5) is 7.69. The molecule has 1 aromatic heterocycles. The number of hydrogen-bond acceptors (Lipinski definition) is 3. The lowest BCUT2D eigenvalue weighted by molar-refractivity contribution is 0.403. The molecule has 2 atom stereocenters. The molecular weight excluding hydrogens is 336 g/mol. The molecule has 0 aliphatic rings. The Labute approximate surface area is 167 Å². The number of nitrogens with zero attached hydrogens (tertiary/aromatic N) is 2. The maximum absolute atomic E-state index is 5.06. The van der Waals surface area contributed by atoms with Gasteiger partial charge in [-0.1, -0.05) is 87.0 Å². The Morgan fingerprint density at radius 1 is 0.923 bits per heavy atom. The van der Waals surface area contributed by atoms with Crippen molar-refractivity contribution in [3.63, 3.8) is 0 Å². The summed E-state index contributed by atoms with van der Waals surface area (Å²) in [7, 11) is 0. The second kappa shape index (κ2) is 12.0. The van der Waals surface area contributed by atoms with Crippen molar-refractivity contribution in [1.82, 2.24) is 4.98 Å². The zero-order chi connectivity index (χ0) is 19.6. The molecule has 0 bridgehead atoms. The zero-order valence-corrected chi connectivity index (χ0v) is 19.4. The number of anilines is 1. The summed E-state index contributed by atoms with van der Waals surface area (Å²) < 4.78 is 0. The molecular formula is C23H44N2S. The molecule has 0 amide bonds. The van der Waals surface area contributed by atoms with E-state index in [1.54, 1.807) is 0 Å². The van der Waals surface area contributed by atoms with Crippen LogP contribution in [0.3, 0.4) is 0 Å². The highest BCUT2D eigenvalue weighted by atomic mass is 32.1. The average Bonchev–Trinajstić information content (AvgIpc) is 3.11. The van der Waals surface area contributed by atoms with Crippen molar-refractivity contribution in [2.24, 2.45) is 11.8 Å². The van der Waals surface area contributed by atoms with E-state index in [-0.39, 0.29) is 5.41 Å². The third-order valence-electron chi connectivity index (χ3n) is 5.57. The molecule has 0 fully saturated rings. The largest absolute Gasteiger partial charge is 0.348 e. The summed E-state index contributed by atoms with van der Waals surface area (Å²) in [6, 6.07) is 0. The summed E-state index contributed by atoms with van der Waals surface area (Å²) in [5.74, 6) is 1.58. The summed E-state index contributed by atoms with van der Waals surface area (Å²) in [6.07, 6.45) is 10.6. The van der Waals surface area contributed by atoms with E-state index in [1.165, 1.54) is 75.3 Å². The van der Waals surface area contributed by atoms with E-state index in [0.29, 0.717) is 0 Å². The van der Waals surface area contributed by atoms with Crippen LogP contribution in [0.25, 0.3) is 0 Å². The van der Waals surface area contributed by atoms with Crippen molar-refractivity contribution in [2.45, 2.75) is 105 Å². The SMILES string of the molecule is CCCCC(CC)CN(CC(CC)CCCC)c1nc(C(C)(C)C)cs1. The number of thiazole rings is 1. The molecule has 0 aromatic carbocycles. The minimum Gasteiger partial charge on any atom is -0.348 e. The Hall–Kier alpha value is -0.570. The standard InChI is InChI=1S/C23H44N2S/c1-8-12-14-19(10-3)16-25(17-20(11-4)15-13-9-2)22-24-21(18-26-22)23(5,6)7/h18-20H,8-17H2,1-7H3. The minimum absolute atomic E-state index is 0.138. The third kappa shape index (κ3) is 7.98. The van der Waals surface area contributed by atoms with E-state index in [9.17, 15) is 0 Å². The van der Waals surface area contributed by atoms with Gasteiger partial charge in [0.1, 0.15) is 0 Å². The van der Waals surface area contributed by atoms with E-state index in [2.05, 4.69) is 58.7 Å². The van der Waals surface area contributed by atoms with Crippen LogP contribution in [0.5, 0.6) is 0 Å². The fourth-order valence-corrected chi connectivity index (χ4v) is 4.52. The average molecular weight is 381 g/mol. The normalized spacial score (nSPS) is 14.4. The Morgan fingerprint density at radius 3 is 1.77 bits per heavy atom.